The van der Waals surface area contributed by atoms with Crippen molar-refractivity contribution in [1.82, 2.24) is 9.80 Å². The Hall–Kier alpha value is -2.05. The Bertz CT molecular complexity index is 859. The number of phenols is 1. The monoisotopic (exact) mass is 457 g/mol. The number of likely N-dealkylation sites (tertiary alicyclic amines) is 2. The zero-order chi connectivity index (χ0) is 20.6. The molecule has 1 atom stereocenters. The number of amides is 2. The molecule has 2 aromatic rings. The van der Waals surface area contributed by atoms with Gasteiger partial charge >= 0.3 is 6.03 Å². The van der Waals surface area contributed by atoms with E-state index in [9.17, 15) is 9.90 Å². The van der Waals surface area contributed by atoms with E-state index in [1.165, 1.54) is 5.56 Å². The zero-order valence-corrected chi connectivity index (χ0v) is 18.5. The van der Waals surface area contributed by atoms with E-state index in [0.29, 0.717) is 17.8 Å². The first-order valence-corrected chi connectivity index (χ1v) is 11.0. The van der Waals surface area contributed by atoms with Crippen molar-refractivity contribution in [2.45, 2.75) is 38.8 Å². The number of nitrogens with one attached hydrogen (secondary N) is 1. The van der Waals surface area contributed by atoms with Crippen LogP contribution in [0.5, 0.6) is 5.75 Å². The van der Waals surface area contributed by atoms with E-state index >= 15 is 0 Å². The van der Waals surface area contributed by atoms with E-state index in [-0.39, 0.29) is 11.4 Å². The lowest BCUT2D eigenvalue weighted by Gasteiger charge is -2.62. The summed E-state index contributed by atoms with van der Waals surface area (Å²) in [5.41, 5.74) is 2.28. The number of anilines is 1. The standard InChI is InChI=1S/C23H28BrN3O2/c1-16(2)27-15-23(21(27)17-3-9-20(28)10-4-17)11-13-26(14-12-23)22(29)25-19-7-5-18(24)6-8-19/h3-10,16,21,28H,11-15H2,1-2H3,(H,25,29). The summed E-state index contributed by atoms with van der Waals surface area (Å²) in [6.45, 7) is 7.08. The molecule has 0 aliphatic carbocycles. The first kappa shape index (κ1) is 20.2. The van der Waals surface area contributed by atoms with E-state index in [2.05, 4.69) is 40.0 Å². The van der Waals surface area contributed by atoms with Crippen LogP contribution in [0.15, 0.2) is 53.0 Å². The zero-order valence-electron chi connectivity index (χ0n) is 16.9. The molecule has 2 aromatic carbocycles. The maximum atomic E-state index is 12.7. The molecule has 2 aliphatic heterocycles. The Morgan fingerprint density at radius 1 is 1.10 bits per heavy atom. The highest BCUT2D eigenvalue weighted by molar-refractivity contribution is 9.10. The first-order chi connectivity index (χ1) is 13.9. The van der Waals surface area contributed by atoms with Crippen LogP contribution < -0.4 is 5.32 Å². The van der Waals surface area contributed by atoms with Crippen LogP contribution in [-0.2, 0) is 0 Å². The number of hydrogen-bond acceptors (Lipinski definition) is 3. The van der Waals surface area contributed by atoms with Crippen molar-refractivity contribution in [3.63, 3.8) is 0 Å². The van der Waals surface area contributed by atoms with Gasteiger partial charge < -0.3 is 15.3 Å². The van der Waals surface area contributed by atoms with Crippen LogP contribution in [0.1, 0.15) is 38.3 Å². The minimum Gasteiger partial charge on any atom is -0.508 e. The van der Waals surface area contributed by atoms with Crippen LogP contribution in [0.3, 0.4) is 0 Å². The van der Waals surface area contributed by atoms with E-state index in [4.69, 9.17) is 0 Å². The topological polar surface area (TPSA) is 55.8 Å². The molecule has 2 heterocycles. The lowest BCUT2D eigenvalue weighted by Crippen LogP contribution is -2.64. The summed E-state index contributed by atoms with van der Waals surface area (Å²) in [6, 6.07) is 16.1. The number of piperidine rings is 1. The molecule has 4 rings (SSSR count). The second-order valence-electron chi connectivity index (χ2n) is 8.55. The normalized spacial score (nSPS) is 21.2. The number of hydrogen-bond donors (Lipinski definition) is 2. The molecule has 0 radical (unpaired) electrons. The molecule has 1 unspecified atom stereocenters. The first-order valence-electron chi connectivity index (χ1n) is 10.2. The van der Waals surface area contributed by atoms with E-state index in [1.54, 1.807) is 12.1 Å². The maximum Gasteiger partial charge on any atom is 0.321 e. The van der Waals surface area contributed by atoms with Crippen molar-refractivity contribution >= 4 is 27.6 Å². The highest BCUT2D eigenvalue weighted by Gasteiger charge is 2.54. The van der Waals surface area contributed by atoms with Crippen LogP contribution in [0.25, 0.3) is 0 Å². The van der Waals surface area contributed by atoms with Gasteiger partial charge in [0.15, 0.2) is 0 Å². The van der Waals surface area contributed by atoms with Gasteiger partial charge in [0.05, 0.1) is 0 Å². The lowest BCUT2D eigenvalue weighted by atomic mass is 9.62. The summed E-state index contributed by atoms with van der Waals surface area (Å²) < 4.78 is 0.996. The van der Waals surface area contributed by atoms with Crippen molar-refractivity contribution in [3.05, 3.63) is 58.6 Å². The van der Waals surface area contributed by atoms with Crippen molar-refractivity contribution < 1.29 is 9.90 Å². The molecule has 2 saturated heterocycles. The van der Waals surface area contributed by atoms with Gasteiger partial charge in [0.2, 0.25) is 0 Å². The quantitative estimate of drug-likeness (QED) is 0.662. The molecule has 2 amide bonds. The third-order valence-corrected chi connectivity index (χ3v) is 6.95. The van der Waals surface area contributed by atoms with Crippen molar-refractivity contribution in [2.24, 2.45) is 5.41 Å². The number of halogens is 1. The molecule has 1 spiro atoms. The predicted octanol–water partition coefficient (Wildman–Crippen LogP) is 5.23. The second-order valence-corrected chi connectivity index (χ2v) is 9.46. The summed E-state index contributed by atoms with van der Waals surface area (Å²) >= 11 is 3.42. The fourth-order valence-corrected chi connectivity index (χ4v) is 5.05. The minimum atomic E-state index is -0.0246. The largest absolute Gasteiger partial charge is 0.508 e. The average molecular weight is 458 g/mol. The Kier molecular flexibility index (Phi) is 5.58. The van der Waals surface area contributed by atoms with Crippen molar-refractivity contribution in [2.75, 3.05) is 25.0 Å². The van der Waals surface area contributed by atoms with Crippen molar-refractivity contribution in [3.8, 4) is 5.75 Å². The molecule has 0 aromatic heterocycles. The van der Waals surface area contributed by atoms with E-state index in [1.807, 2.05) is 41.3 Å². The predicted molar refractivity (Wildman–Crippen MR) is 119 cm³/mol. The Morgan fingerprint density at radius 2 is 1.72 bits per heavy atom. The third-order valence-electron chi connectivity index (χ3n) is 6.42. The highest BCUT2D eigenvalue weighted by Crippen LogP contribution is 2.55. The second kappa shape index (κ2) is 8.00. The van der Waals surface area contributed by atoms with Gasteiger partial charge in [-0.05, 0) is 68.7 Å². The Labute approximate surface area is 180 Å². The van der Waals surface area contributed by atoms with Gasteiger partial charge in [-0.25, -0.2) is 4.79 Å². The van der Waals surface area contributed by atoms with Gasteiger partial charge in [-0.15, -0.1) is 0 Å². The van der Waals surface area contributed by atoms with Crippen LogP contribution in [0.4, 0.5) is 10.5 Å². The number of nitrogens with zero attached hydrogens (tertiary/aromatic N) is 2. The number of rotatable bonds is 3. The van der Waals surface area contributed by atoms with Gasteiger partial charge in [0, 0.05) is 47.3 Å². The molecule has 29 heavy (non-hydrogen) atoms. The third kappa shape index (κ3) is 4.01. The molecule has 154 valence electrons. The molecule has 5 nitrogen and oxygen atoms in total. The number of carbonyl (C=O) groups is 1. The fourth-order valence-electron chi connectivity index (χ4n) is 4.79. The van der Waals surface area contributed by atoms with Gasteiger partial charge in [-0.2, -0.15) is 0 Å². The molecule has 0 bridgehead atoms. The van der Waals surface area contributed by atoms with E-state index in [0.717, 1.165) is 42.6 Å². The Balaban J connectivity index is 1.43. The maximum absolute atomic E-state index is 12.7. The van der Waals surface area contributed by atoms with Crippen molar-refractivity contribution in [1.29, 1.82) is 0 Å². The van der Waals surface area contributed by atoms with Gasteiger partial charge in [-0.1, -0.05) is 28.1 Å². The summed E-state index contributed by atoms with van der Waals surface area (Å²) in [6.07, 6.45) is 1.99. The minimum absolute atomic E-state index is 0.0246. The Morgan fingerprint density at radius 3 is 2.31 bits per heavy atom. The molecule has 2 fully saturated rings. The molecular formula is C23H28BrN3O2. The van der Waals surface area contributed by atoms with Gasteiger partial charge in [0.1, 0.15) is 5.75 Å². The number of urea groups is 1. The summed E-state index contributed by atoms with van der Waals surface area (Å²) in [5, 5.41) is 12.7. The van der Waals surface area contributed by atoms with Crippen LogP contribution in [0.2, 0.25) is 0 Å². The lowest BCUT2D eigenvalue weighted by molar-refractivity contribution is -0.123. The summed E-state index contributed by atoms with van der Waals surface area (Å²) in [4.78, 5) is 17.2. The molecule has 2 N–H and O–H groups in total. The molecular weight excluding hydrogens is 430 g/mol. The van der Waals surface area contributed by atoms with Gasteiger partial charge in [-0.3, -0.25) is 4.90 Å². The smallest absolute Gasteiger partial charge is 0.321 e. The average Bonchev–Trinajstić information content (AvgIpc) is 2.70. The van der Waals surface area contributed by atoms with Crippen LogP contribution >= 0.6 is 15.9 Å². The number of benzene rings is 2. The SMILES string of the molecule is CC(C)N1CC2(CCN(C(=O)Nc3ccc(Br)cc3)CC2)C1c1ccc(O)cc1. The summed E-state index contributed by atoms with van der Waals surface area (Å²) in [5.74, 6) is 0.303. The van der Waals surface area contributed by atoms with E-state index < -0.39 is 0 Å². The van der Waals surface area contributed by atoms with Gasteiger partial charge in [0.25, 0.3) is 0 Å². The number of carbonyl (C=O) groups excluding carboxylic acids is 1. The van der Waals surface area contributed by atoms with Crippen LogP contribution in [-0.4, -0.2) is 46.6 Å². The van der Waals surface area contributed by atoms with Crippen LogP contribution in [0, 0.1) is 5.41 Å². The molecule has 6 heteroatoms. The number of aromatic hydroxyl groups is 1. The highest BCUT2D eigenvalue weighted by atomic mass is 79.9. The molecule has 0 saturated carbocycles. The molecule has 2 aliphatic rings. The summed E-state index contributed by atoms with van der Waals surface area (Å²) in [7, 11) is 0. The fraction of sp³-hybridized carbons (Fsp3) is 0.435. The number of phenolic OH excluding ortho intramolecular Hbond substituents is 1.